The molecule has 0 radical (unpaired) electrons. The highest BCUT2D eigenvalue weighted by Gasteiger charge is 2.13. The normalized spacial score (nSPS) is 14.9. The average molecular weight is 254 g/mol. The second kappa shape index (κ2) is 3.88. The summed E-state index contributed by atoms with van der Waals surface area (Å²) in [6, 6.07) is 3.75. The van der Waals surface area contributed by atoms with E-state index in [1.807, 2.05) is 12.1 Å². The van der Waals surface area contributed by atoms with Crippen LogP contribution in [0.5, 0.6) is 0 Å². The fraction of sp³-hybridized carbons (Fsp3) is 0.222. The fourth-order valence-electron chi connectivity index (χ4n) is 1.54. The quantitative estimate of drug-likeness (QED) is 0.812. The van der Waals surface area contributed by atoms with Crippen LogP contribution in [0, 0.1) is 0 Å². The lowest BCUT2D eigenvalue weighted by Crippen LogP contribution is -2.26. The summed E-state index contributed by atoms with van der Waals surface area (Å²) in [5.74, 6) is 0.738. The van der Waals surface area contributed by atoms with Crippen LogP contribution in [0.15, 0.2) is 17.1 Å². The lowest BCUT2D eigenvalue weighted by Gasteiger charge is -2.08. The molecule has 3 rings (SSSR count). The van der Waals surface area contributed by atoms with E-state index in [4.69, 9.17) is 11.6 Å². The Morgan fingerprint density at radius 3 is 3.19 bits per heavy atom. The maximum atomic E-state index is 6.13. The molecule has 1 aromatic carbocycles. The van der Waals surface area contributed by atoms with Crippen molar-refractivity contribution in [3.8, 4) is 0 Å². The van der Waals surface area contributed by atoms with E-state index < -0.39 is 0 Å². The summed E-state index contributed by atoms with van der Waals surface area (Å²) < 4.78 is 4.92. The predicted molar refractivity (Wildman–Crippen MR) is 66.4 cm³/mol. The van der Waals surface area contributed by atoms with Gasteiger partial charge in [-0.25, -0.2) is 0 Å². The van der Waals surface area contributed by atoms with Crippen molar-refractivity contribution in [1.29, 1.82) is 0 Å². The number of anilines is 1. The van der Waals surface area contributed by atoms with E-state index in [2.05, 4.69) is 25.2 Å². The van der Waals surface area contributed by atoms with Gasteiger partial charge in [-0.2, -0.15) is 0 Å². The molecule has 1 aliphatic heterocycles. The molecule has 1 aromatic heterocycles. The van der Waals surface area contributed by atoms with Crippen molar-refractivity contribution >= 4 is 45.0 Å². The Morgan fingerprint density at radius 2 is 2.38 bits per heavy atom. The van der Waals surface area contributed by atoms with Crippen molar-refractivity contribution < 1.29 is 0 Å². The first-order valence-corrected chi connectivity index (χ1v) is 5.95. The second-order valence-electron chi connectivity index (χ2n) is 3.32. The van der Waals surface area contributed by atoms with Gasteiger partial charge in [-0.1, -0.05) is 16.1 Å². The lowest BCUT2D eigenvalue weighted by atomic mass is 10.3. The minimum absolute atomic E-state index is 0.622. The highest BCUT2D eigenvalue weighted by atomic mass is 35.5. The molecule has 0 unspecified atom stereocenters. The number of hydrogen-bond donors (Lipinski definition) is 2. The molecule has 5 nitrogen and oxygen atoms in total. The Morgan fingerprint density at radius 1 is 1.44 bits per heavy atom. The van der Waals surface area contributed by atoms with Gasteiger partial charge >= 0.3 is 0 Å². The summed E-state index contributed by atoms with van der Waals surface area (Å²) in [7, 11) is 0. The van der Waals surface area contributed by atoms with Crippen molar-refractivity contribution in [3.05, 3.63) is 17.2 Å². The zero-order valence-corrected chi connectivity index (χ0v) is 9.77. The van der Waals surface area contributed by atoms with Crippen LogP contribution in [-0.2, 0) is 0 Å². The highest BCUT2D eigenvalue weighted by molar-refractivity contribution is 7.13. The first-order chi connectivity index (χ1) is 7.84. The molecule has 1 aliphatic rings. The Hall–Kier alpha value is -1.40. The minimum atomic E-state index is 0.622. The number of rotatable bonds is 1. The Labute approximate surface area is 101 Å². The summed E-state index contributed by atoms with van der Waals surface area (Å²) in [4.78, 5) is 4.25. The number of aromatic nitrogens is 2. The smallest absolute Gasteiger partial charge is 0.196 e. The van der Waals surface area contributed by atoms with E-state index in [0.717, 1.165) is 35.0 Å². The van der Waals surface area contributed by atoms with Crippen LogP contribution in [0.1, 0.15) is 0 Å². The molecule has 16 heavy (non-hydrogen) atoms. The number of aliphatic imine (C=N–C) groups is 1. The van der Waals surface area contributed by atoms with Gasteiger partial charge < -0.3 is 10.6 Å². The zero-order chi connectivity index (χ0) is 11.0. The van der Waals surface area contributed by atoms with Gasteiger partial charge in [0.25, 0.3) is 0 Å². The molecule has 0 fully saturated rings. The van der Waals surface area contributed by atoms with E-state index >= 15 is 0 Å². The number of nitrogens with zero attached hydrogens (tertiary/aromatic N) is 3. The van der Waals surface area contributed by atoms with E-state index in [9.17, 15) is 0 Å². The van der Waals surface area contributed by atoms with Crippen LogP contribution in [-0.4, -0.2) is 28.6 Å². The first-order valence-electron chi connectivity index (χ1n) is 4.80. The van der Waals surface area contributed by atoms with Gasteiger partial charge in [0.15, 0.2) is 5.96 Å². The van der Waals surface area contributed by atoms with Crippen molar-refractivity contribution in [2.45, 2.75) is 0 Å². The molecule has 0 spiro atoms. The minimum Gasteiger partial charge on any atom is -0.354 e. The molecule has 2 heterocycles. The third-order valence-corrected chi connectivity index (χ3v) is 3.29. The van der Waals surface area contributed by atoms with Gasteiger partial charge in [-0.3, -0.25) is 4.99 Å². The van der Waals surface area contributed by atoms with Gasteiger partial charge in [-0.15, -0.1) is 5.10 Å². The number of benzene rings is 1. The van der Waals surface area contributed by atoms with Crippen LogP contribution < -0.4 is 10.6 Å². The van der Waals surface area contributed by atoms with Crippen LogP contribution >= 0.6 is 23.1 Å². The van der Waals surface area contributed by atoms with Crippen LogP contribution in [0.4, 0.5) is 5.69 Å². The van der Waals surface area contributed by atoms with Crippen molar-refractivity contribution in [1.82, 2.24) is 14.9 Å². The molecule has 2 N–H and O–H groups in total. The summed E-state index contributed by atoms with van der Waals surface area (Å²) in [6.07, 6.45) is 0. The molecule has 0 saturated heterocycles. The number of nitrogens with one attached hydrogen (secondary N) is 2. The fourth-order valence-corrected chi connectivity index (χ4v) is 2.31. The van der Waals surface area contributed by atoms with Crippen LogP contribution in [0.25, 0.3) is 10.2 Å². The summed E-state index contributed by atoms with van der Waals surface area (Å²) in [5, 5.41) is 11.0. The number of fused-ring (bicyclic) bond motifs is 1. The van der Waals surface area contributed by atoms with Crippen molar-refractivity contribution in [2.75, 3.05) is 18.4 Å². The van der Waals surface area contributed by atoms with Crippen LogP contribution in [0.2, 0.25) is 5.02 Å². The van der Waals surface area contributed by atoms with Gasteiger partial charge in [0.05, 0.1) is 22.0 Å². The Balaban J connectivity index is 2.06. The maximum Gasteiger partial charge on any atom is 0.196 e. The molecule has 2 aromatic rings. The zero-order valence-electron chi connectivity index (χ0n) is 8.20. The second-order valence-corrected chi connectivity index (χ2v) is 4.52. The summed E-state index contributed by atoms with van der Waals surface area (Å²) >= 11 is 7.48. The topological polar surface area (TPSA) is 62.2 Å². The summed E-state index contributed by atoms with van der Waals surface area (Å²) in [5.41, 5.74) is 1.55. The standard InChI is InChI=1S/C9H8ClN5S/c10-5-1-2-6-8(14-15-16-6)7(5)13-9-11-3-4-12-9/h1-2H,3-4H2,(H2,11,12,13). The summed E-state index contributed by atoms with van der Waals surface area (Å²) in [6.45, 7) is 1.64. The van der Waals surface area contributed by atoms with Crippen molar-refractivity contribution in [3.63, 3.8) is 0 Å². The predicted octanol–water partition coefficient (Wildman–Crippen LogP) is 1.72. The third-order valence-electron chi connectivity index (χ3n) is 2.29. The van der Waals surface area contributed by atoms with Gasteiger partial charge in [0.1, 0.15) is 5.52 Å². The molecular weight excluding hydrogens is 246 g/mol. The first kappa shape index (κ1) is 9.80. The molecule has 0 bridgehead atoms. The number of halogens is 1. The van der Waals surface area contributed by atoms with Crippen molar-refractivity contribution in [2.24, 2.45) is 4.99 Å². The molecule has 7 heteroatoms. The number of guanidine groups is 1. The monoisotopic (exact) mass is 253 g/mol. The molecule has 82 valence electrons. The van der Waals surface area contributed by atoms with E-state index in [0.29, 0.717) is 5.02 Å². The molecule has 0 amide bonds. The van der Waals surface area contributed by atoms with Gasteiger partial charge in [-0.05, 0) is 23.7 Å². The molecular formula is C9H8ClN5S. The number of hydrogen-bond acceptors (Lipinski definition) is 6. The Bertz CT molecular complexity index is 564. The largest absolute Gasteiger partial charge is 0.354 e. The molecule has 0 aliphatic carbocycles. The van der Waals surface area contributed by atoms with Gasteiger partial charge in [0, 0.05) is 6.54 Å². The van der Waals surface area contributed by atoms with E-state index in [1.165, 1.54) is 11.5 Å². The SMILES string of the molecule is Clc1ccc2snnc2c1NC1=NCCN1. The average Bonchev–Trinajstić information content (AvgIpc) is 2.92. The van der Waals surface area contributed by atoms with Crippen LogP contribution in [0.3, 0.4) is 0 Å². The highest BCUT2D eigenvalue weighted by Crippen LogP contribution is 2.31. The third kappa shape index (κ3) is 1.60. The lowest BCUT2D eigenvalue weighted by molar-refractivity contribution is 0.959. The van der Waals surface area contributed by atoms with E-state index in [1.54, 1.807) is 0 Å². The Kier molecular flexibility index (Phi) is 2.37. The van der Waals surface area contributed by atoms with E-state index in [-0.39, 0.29) is 0 Å². The van der Waals surface area contributed by atoms with Gasteiger partial charge in [0.2, 0.25) is 0 Å². The maximum absolute atomic E-state index is 6.13. The molecule has 0 saturated carbocycles. The molecule has 0 atom stereocenters.